The molecule has 0 unspecified atom stereocenters. The number of rotatable bonds is 6. The lowest BCUT2D eigenvalue weighted by atomic mass is 10.0. The third-order valence-electron chi connectivity index (χ3n) is 5.38. The molecule has 152 valence electrons. The zero-order chi connectivity index (χ0) is 20.5. The molecule has 0 spiro atoms. The van der Waals surface area contributed by atoms with Gasteiger partial charge in [-0.1, -0.05) is 46.8 Å². The highest BCUT2D eigenvalue weighted by Crippen LogP contribution is 2.34. The summed E-state index contributed by atoms with van der Waals surface area (Å²) in [6.07, 6.45) is 4.90. The van der Waals surface area contributed by atoms with Crippen molar-refractivity contribution < 1.29 is 9.32 Å². The normalized spacial score (nSPS) is 16.4. The number of ketones is 1. The number of pyridine rings is 1. The first-order chi connectivity index (χ1) is 14.7. The Morgan fingerprint density at radius 1 is 1.27 bits per heavy atom. The molecule has 1 aliphatic heterocycles. The van der Waals surface area contributed by atoms with Crippen LogP contribution in [0.25, 0.3) is 21.8 Å². The van der Waals surface area contributed by atoms with Crippen molar-refractivity contribution in [3.8, 4) is 11.5 Å². The molecule has 7 nitrogen and oxygen atoms in total. The van der Waals surface area contributed by atoms with Gasteiger partial charge in [-0.2, -0.15) is 9.97 Å². The lowest BCUT2D eigenvalue weighted by molar-refractivity contribution is -0.120. The second kappa shape index (κ2) is 7.95. The molecule has 8 heteroatoms. The van der Waals surface area contributed by atoms with Gasteiger partial charge >= 0.3 is 0 Å². The van der Waals surface area contributed by atoms with Gasteiger partial charge < -0.3 is 9.42 Å². The van der Waals surface area contributed by atoms with Crippen LogP contribution in [0.15, 0.2) is 47.1 Å². The van der Waals surface area contributed by atoms with Crippen molar-refractivity contribution >= 4 is 32.6 Å². The van der Waals surface area contributed by atoms with Gasteiger partial charge in [0.05, 0.1) is 16.3 Å². The molecule has 0 amide bonds. The number of anilines is 1. The minimum atomic E-state index is -0.104. The van der Waals surface area contributed by atoms with Crippen LogP contribution in [0.4, 0.5) is 5.13 Å². The van der Waals surface area contributed by atoms with Gasteiger partial charge in [-0.3, -0.25) is 4.79 Å². The summed E-state index contributed by atoms with van der Waals surface area (Å²) in [4.78, 5) is 28.5. The smallest absolute Gasteiger partial charge is 0.259 e. The molecule has 0 N–H and O–H groups in total. The fourth-order valence-electron chi connectivity index (χ4n) is 3.87. The van der Waals surface area contributed by atoms with Crippen LogP contribution in [-0.2, 0) is 11.2 Å². The third kappa shape index (κ3) is 3.70. The maximum absolute atomic E-state index is 13.0. The van der Waals surface area contributed by atoms with Crippen LogP contribution in [-0.4, -0.2) is 38.5 Å². The molecule has 1 saturated heterocycles. The third-order valence-corrected chi connectivity index (χ3v) is 6.41. The van der Waals surface area contributed by atoms with Crippen molar-refractivity contribution in [3.05, 3.63) is 54.0 Å². The van der Waals surface area contributed by atoms with Gasteiger partial charge in [0, 0.05) is 19.2 Å². The van der Waals surface area contributed by atoms with Gasteiger partial charge in [0.15, 0.2) is 22.4 Å². The molecule has 4 aromatic rings. The Morgan fingerprint density at radius 3 is 2.93 bits per heavy atom. The number of carbonyl (C=O) groups is 1. The van der Waals surface area contributed by atoms with E-state index in [0.717, 1.165) is 41.2 Å². The number of hydrogen-bond acceptors (Lipinski definition) is 8. The summed E-state index contributed by atoms with van der Waals surface area (Å²) in [7, 11) is 0. The Balaban J connectivity index is 1.35. The Hall–Kier alpha value is -3.13. The zero-order valence-corrected chi connectivity index (χ0v) is 17.4. The average Bonchev–Trinajstić information content (AvgIpc) is 3.50. The number of carbonyl (C=O) groups excluding carboxylic acids is 1. The molecule has 1 atom stereocenters. The standard InChI is InChI=1S/C22H21N5O2S/c1-14-24-21(29-26-14)16-12-19-20(23-13-16)25-22(30-19)27-11-5-8-17(27)18(28)10-9-15-6-3-2-4-7-15/h2-4,6-7,12-13,17H,5,8-11H2,1H3/t17-/m1/s1. The minimum absolute atomic E-state index is 0.104. The van der Waals surface area contributed by atoms with E-state index in [4.69, 9.17) is 9.51 Å². The molecule has 30 heavy (non-hydrogen) atoms. The quantitative estimate of drug-likeness (QED) is 0.462. The van der Waals surface area contributed by atoms with Crippen molar-refractivity contribution in [1.29, 1.82) is 0 Å². The summed E-state index contributed by atoms with van der Waals surface area (Å²) in [5.41, 5.74) is 2.65. The minimum Gasteiger partial charge on any atom is -0.338 e. The molecule has 0 aliphatic carbocycles. The molecule has 4 heterocycles. The molecule has 1 aromatic carbocycles. The number of aryl methyl sites for hydroxylation is 2. The number of fused-ring (bicyclic) bond motifs is 1. The summed E-state index contributed by atoms with van der Waals surface area (Å²) < 4.78 is 6.19. The Labute approximate surface area is 177 Å². The maximum atomic E-state index is 13.0. The summed E-state index contributed by atoms with van der Waals surface area (Å²) in [6, 6.07) is 12.0. The van der Waals surface area contributed by atoms with Gasteiger partial charge in [0.1, 0.15) is 0 Å². The van der Waals surface area contributed by atoms with Gasteiger partial charge in [0.2, 0.25) is 0 Å². The molecule has 0 saturated carbocycles. The van der Waals surface area contributed by atoms with E-state index in [0.29, 0.717) is 23.8 Å². The fourth-order valence-corrected chi connectivity index (χ4v) is 4.91. The van der Waals surface area contributed by atoms with E-state index in [9.17, 15) is 4.79 Å². The van der Waals surface area contributed by atoms with Crippen LogP contribution < -0.4 is 4.90 Å². The SMILES string of the molecule is Cc1noc(-c2cnc3nc(N4CCC[C@@H]4C(=O)CCc4ccccc4)sc3c2)n1. The van der Waals surface area contributed by atoms with E-state index in [-0.39, 0.29) is 11.8 Å². The second-order valence-corrected chi connectivity index (χ2v) is 8.50. The molecule has 1 aliphatic rings. The van der Waals surface area contributed by atoms with Gasteiger partial charge in [0.25, 0.3) is 5.89 Å². The predicted molar refractivity (Wildman–Crippen MR) is 116 cm³/mol. The van der Waals surface area contributed by atoms with E-state index in [2.05, 4.69) is 32.2 Å². The summed E-state index contributed by atoms with van der Waals surface area (Å²) >= 11 is 1.56. The Kier molecular flexibility index (Phi) is 5.00. The molecule has 3 aromatic heterocycles. The first-order valence-corrected chi connectivity index (χ1v) is 10.9. The second-order valence-electron chi connectivity index (χ2n) is 7.49. The maximum Gasteiger partial charge on any atom is 0.259 e. The number of benzene rings is 1. The van der Waals surface area contributed by atoms with Crippen LogP contribution in [0.3, 0.4) is 0 Å². The number of hydrogen-bond donors (Lipinski definition) is 0. The largest absolute Gasteiger partial charge is 0.338 e. The number of aromatic nitrogens is 4. The molecular formula is C22H21N5O2S. The molecule has 1 fully saturated rings. The van der Waals surface area contributed by atoms with Crippen LogP contribution in [0.5, 0.6) is 0 Å². The summed E-state index contributed by atoms with van der Waals surface area (Å²) in [5, 5.41) is 4.69. The van der Waals surface area contributed by atoms with Crippen molar-refractivity contribution in [1.82, 2.24) is 20.1 Å². The molecule has 5 rings (SSSR count). The topological polar surface area (TPSA) is 85.0 Å². The Bertz CT molecular complexity index is 1190. The van der Waals surface area contributed by atoms with E-state index in [1.54, 1.807) is 24.5 Å². The van der Waals surface area contributed by atoms with Crippen molar-refractivity contribution in [3.63, 3.8) is 0 Å². The zero-order valence-electron chi connectivity index (χ0n) is 16.6. The highest BCUT2D eigenvalue weighted by Gasteiger charge is 2.32. The molecular weight excluding hydrogens is 398 g/mol. The number of Topliss-reactive ketones (excluding diaryl/α,β-unsaturated/α-hetero) is 1. The van der Waals surface area contributed by atoms with Crippen molar-refractivity contribution in [2.75, 3.05) is 11.4 Å². The first-order valence-electron chi connectivity index (χ1n) is 10.1. The first kappa shape index (κ1) is 18.9. The lowest BCUT2D eigenvalue weighted by Gasteiger charge is -2.22. The van der Waals surface area contributed by atoms with Crippen LogP contribution in [0.1, 0.15) is 30.7 Å². The fraction of sp³-hybridized carbons (Fsp3) is 0.318. The summed E-state index contributed by atoms with van der Waals surface area (Å²) in [6.45, 7) is 2.63. The summed E-state index contributed by atoms with van der Waals surface area (Å²) in [5.74, 6) is 1.32. The van der Waals surface area contributed by atoms with E-state index in [1.165, 1.54) is 5.56 Å². The van der Waals surface area contributed by atoms with Crippen LogP contribution >= 0.6 is 11.3 Å². The van der Waals surface area contributed by atoms with Crippen molar-refractivity contribution in [2.24, 2.45) is 0 Å². The lowest BCUT2D eigenvalue weighted by Crippen LogP contribution is -2.36. The Morgan fingerprint density at radius 2 is 2.13 bits per heavy atom. The highest BCUT2D eigenvalue weighted by atomic mass is 32.1. The van der Waals surface area contributed by atoms with E-state index < -0.39 is 0 Å². The number of nitrogens with zero attached hydrogens (tertiary/aromatic N) is 5. The van der Waals surface area contributed by atoms with Crippen LogP contribution in [0, 0.1) is 6.92 Å². The van der Waals surface area contributed by atoms with Gasteiger partial charge in [-0.25, -0.2) is 4.98 Å². The monoisotopic (exact) mass is 419 g/mol. The highest BCUT2D eigenvalue weighted by molar-refractivity contribution is 7.22. The van der Waals surface area contributed by atoms with E-state index >= 15 is 0 Å². The van der Waals surface area contributed by atoms with E-state index in [1.807, 2.05) is 24.3 Å². The van der Waals surface area contributed by atoms with Gasteiger partial charge in [-0.15, -0.1) is 0 Å². The molecule has 0 radical (unpaired) electrons. The van der Waals surface area contributed by atoms with Crippen molar-refractivity contribution in [2.45, 2.75) is 38.6 Å². The average molecular weight is 420 g/mol. The number of thiazole rings is 1. The van der Waals surface area contributed by atoms with Crippen LogP contribution in [0.2, 0.25) is 0 Å². The predicted octanol–water partition coefficient (Wildman–Crippen LogP) is 4.22. The molecule has 0 bridgehead atoms. The van der Waals surface area contributed by atoms with Gasteiger partial charge in [-0.05, 0) is 37.8 Å².